The molecular weight excluding hydrogens is 629 g/mol. The van der Waals surface area contributed by atoms with Gasteiger partial charge in [0.1, 0.15) is 23.3 Å². The fourth-order valence-corrected chi connectivity index (χ4v) is 4.64. The Kier molecular flexibility index (Phi) is 8.06. The molecule has 0 aliphatic carbocycles. The van der Waals surface area contributed by atoms with Gasteiger partial charge < -0.3 is 9.47 Å². The summed E-state index contributed by atoms with van der Waals surface area (Å²) in [6.45, 7) is 5.99. The molecule has 4 aromatic rings. The van der Waals surface area contributed by atoms with Crippen molar-refractivity contribution in [2.45, 2.75) is 32.8 Å². The van der Waals surface area contributed by atoms with Crippen molar-refractivity contribution >= 4 is 60.6 Å². The van der Waals surface area contributed by atoms with Gasteiger partial charge in [-0.2, -0.15) is 9.78 Å². The number of hydrogen-bond donors (Lipinski definition) is 0. The predicted molar refractivity (Wildman–Crippen MR) is 152 cm³/mol. The second kappa shape index (κ2) is 10.9. The molecule has 1 heterocycles. The number of ether oxygens (including phenoxy) is 2. The van der Waals surface area contributed by atoms with Crippen LogP contribution in [0.25, 0.3) is 10.9 Å². The van der Waals surface area contributed by atoms with Gasteiger partial charge in [-0.05, 0) is 57.9 Å². The molecule has 0 aliphatic rings. The Hall–Kier alpha value is -2.75. The van der Waals surface area contributed by atoms with Gasteiger partial charge >= 0.3 is 0 Å². The molecule has 3 aromatic carbocycles. The molecule has 0 N–H and O–H groups in total. The quantitative estimate of drug-likeness (QED) is 0.203. The zero-order valence-corrected chi connectivity index (χ0v) is 24.4. The van der Waals surface area contributed by atoms with E-state index in [0.717, 1.165) is 4.47 Å². The summed E-state index contributed by atoms with van der Waals surface area (Å²) in [5.74, 6) is 0.803. The number of fused-ring (bicyclic) bond motifs is 1. The maximum Gasteiger partial charge on any atom is 0.282 e. The topological polar surface area (TPSA) is 65.7 Å². The fourth-order valence-electron chi connectivity index (χ4n) is 3.63. The fraction of sp³-hybridized carbons (Fsp3) is 0.222. The van der Waals surface area contributed by atoms with E-state index >= 15 is 0 Å². The molecule has 0 saturated heterocycles. The van der Waals surface area contributed by atoms with Gasteiger partial charge in [-0.3, -0.25) is 4.79 Å². The molecule has 0 amide bonds. The van der Waals surface area contributed by atoms with Crippen LogP contribution in [0.15, 0.2) is 67.4 Å². The Labute approximate surface area is 235 Å². The Balaban J connectivity index is 1.76. The van der Waals surface area contributed by atoms with Gasteiger partial charge in [0.25, 0.3) is 5.56 Å². The minimum absolute atomic E-state index is 0.0936. The lowest BCUT2D eigenvalue weighted by molar-refractivity contribution is 0.284. The third-order valence-electron chi connectivity index (χ3n) is 5.44. The summed E-state index contributed by atoms with van der Waals surface area (Å²) < 4.78 is 27.5. The first kappa shape index (κ1) is 27.3. The van der Waals surface area contributed by atoms with Crippen molar-refractivity contribution < 1.29 is 13.9 Å². The van der Waals surface area contributed by atoms with Crippen LogP contribution < -0.4 is 15.0 Å². The summed E-state index contributed by atoms with van der Waals surface area (Å²) in [5.41, 5.74) is 1.04. The minimum Gasteiger partial charge on any atom is -0.493 e. The first-order valence-corrected chi connectivity index (χ1v) is 13.2. The molecule has 10 heteroatoms. The first-order chi connectivity index (χ1) is 17.5. The van der Waals surface area contributed by atoms with Gasteiger partial charge in [0.15, 0.2) is 11.5 Å². The van der Waals surface area contributed by atoms with E-state index in [9.17, 15) is 9.18 Å². The second-order valence-electron chi connectivity index (χ2n) is 9.25. The predicted octanol–water partition coefficient (Wildman–Crippen LogP) is 7.48. The highest BCUT2D eigenvalue weighted by atomic mass is 79.9. The van der Waals surface area contributed by atoms with E-state index in [1.54, 1.807) is 30.3 Å². The van der Waals surface area contributed by atoms with Crippen LogP contribution in [0.4, 0.5) is 4.39 Å². The Morgan fingerprint density at radius 3 is 2.59 bits per heavy atom. The molecule has 0 fully saturated rings. The van der Waals surface area contributed by atoms with Crippen molar-refractivity contribution in [2.24, 2.45) is 5.10 Å². The number of methoxy groups -OCH3 is 1. The van der Waals surface area contributed by atoms with Crippen molar-refractivity contribution in [2.75, 3.05) is 7.11 Å². The SMILES string of the molecule is COc1cc(C=Nn2c(C(C)(C)C)nc3ccc(Br)cc3c2=O)c(Br)c(Cl)c1OCc1cccc(F)c1. The average molecular weight is 652 g/mol. The van der Waals surface area contributed by atoms with E-state index in [1.165, 1.54) is 30.1 Å². The van der Waals surface area contributed by atoms with Gasteiger partial charge in [-0.15, -0.1) is 0 Å². The van der Waals surface area contributed by atoms with Crippen LogP contribution >= 0.6 is 43.5 Å². The largest absolute Gasteiger partial charge is 0.493 e. The zero-order chi connectivity index (χ0) is 26.9. The van der Waals surface area contributed by atoms with Gasteiger partial charge in [-0.25, -0.2) is 9.37 Å². The number of halogens is 4. The monoisotopic (exact) mass is 649 g/mol. The molecule has 0 spiro atoms. The Morgan fingerprint density at radius 1 is 1.16 bits per heavy atom. The molecule has 0 saturated carbocycles. The average Bonchev–Trinajstić information content (AvgIpc) is 2.84. The Bertz CT molecular complexity index is 1580. The molecule has 0 radical (unpaired) electrons. The van der Waals surface area contributed by atoms with Crippen LogP contribution in [0.2, 0.25) is 5.02 Å². The maximum absolute atomic E-state index is 13.5. The van der Waals surface area contributed by atoms with Crippen molar-refractivity contribution in [3.63, 3.8) is 0 Å². The van der Waals surface area contributed by atoms with Crippen LogP contribution in [-0.4, -0.2) is 23.0 Å². The second-order valence-corrected chi connectivity index (χ2v) is 11.3. The van der Waals surface area contributed by atoms with E-state index in [2.05, 4.69) is 37.0 Å². The summed E-state index contributed by atoms with van der Waals surface area (Å²) in [7, 11) is 1.49. The van der Waals surface area contributed by atoms with E-state index in [1.807, 2.05) is 26.8 Å². The number of nitrogens with zero attached hydrogens (tertiary/aromatic N) is 3. The van der Waals surface area contributed by atoms with Crippen LogP contribution in [-0.2, 0) is 12.0 Å². The van der Waals surface area contributed by atoms with E-state index in [0.29, 0.717) is 43.8 Å². The molecule has 4 rings (SSSR count). The van der Waals surface area contributed by atoms with Gasteiger partial charge in [0.2, 0.25) is 0 Å². The number of hydrogen-bond acceptors (Lipinski definition) is 5. The minimum atomic E-state index is -0.459. The lowest BCUT2D eigenvalue weighted by atomic mass is 9.95. The van der Waals surface area contributed by atoms with Gasteiger partial charge in [0.05, 0.1) is 24.2 Å². The molecule has 0 aliphatic heterocycles. The molecule has 192 valence electrons. The maximum atomic E-state index is 13.5. The molecule has 0 bridgehead atoms. The third kappa shape index (κ3) is 5.89. The molecule has 37 heavy (non-hydrogen) atoms. The zero-order valence-electron chi connectivity index (χ0n) is 20.5. The lowest BCUT2D eigenvalue weighted by Crippen LogP contribution is -2.29. The summed E-state index contributed by atoms with van der Waals surface area (Å²) >= 11 is 13.5. The smallest absolute Gasteiger partial charge is 0.282 e. The van der Waals surface area contributed by atoms with Crippen molar-refractivity contribution in [1.29, 1.82) is 0 Å². The van der Waals surface area contributed by atoms with Crippen molar-refractivity contribution in [3.8, 4) is 11.5 Å². The number of benzene rings is 3. The van der Waals surface area contributed by atoms with Crippen LogP contribution in [0.5, 0.6) is 11.5 Å². The summed E-state index contributed by atoms with van der Waals surface area (Å²) in [4.78, 5) is 18.1. The van der Waals surface area contributed by atoms with E-state index in [-0.39, 0.29) is 23.0 Å². The molecule has 6 nitrogen and oxygen atoms in total. The lowest BCUT2D eigenvalue weighted by Gasteiger charge is -2.21. The van der Waals surface area contributed by atoms with Crippen LogP contribution in [0, 0.1) is 5.82 Å². The van der Waals surface area contributed by atoms with Crippen LogP contribution in [0.1, 0.15) is 37.7 Å². The van der Waals surface area contributed by atoms with Crippen LogP contribution in [0.3, 0.4) is 0 Å². The summed E-state index contributed by atoms with van der Waals surface area (Å²) in [6, 6.07) is 13.2. The van der Waals surface area contributed by atoms with Gasteiger partial charge in [0, 0.05) is 19.9 Å². The van der Waals surface area contributed by atoms with Crippen molar-refractivity contribution in [1.82, 2.24) is 9.66 Å². The number of aromatic nitrogens is 2. The van der Waals surface area contributed by atoms with E-state index < -0.39 is 5.41 Å². The van der Waals surface area contributed by atoms with E-state index in [4.69, 9.17) is 26.1 Å². The Morgan fingerprint density at radius 2 is 1.92 bits per heavy atom. The third-order valence-corrected chi connectivity index (χ3v) is 7.38. The molecule has 0 atom stereocenters. The first-order valence-electron chi connectivity index (χ1n) is 11.2. The highest BCUT2D eigenvalue weighted by Crippen LogP contribution is 2.42. The van der Waals surface area contributed by atoms with Crippen molar-refractivity contribution in [3.05, 3.63) is 95.6 Å². The molecule has 1 aromatic heterocycles. The number of rotatable bonds is 6. The molecule has 0 unspecified atom stereocenters. The highest BCUT2D eigenvalue weighted by molar-refractivity contribution is 9.10. The summed E-state index contributed by atoms with van der Waals surface area (Å²) in [6.07, 6.45) is 1.51. The standard InChI is InChI=1S/C27H23Br2ClFN3O3/c1-27(2,3)26-33-20-9-8-17(28)12-19(20)25(35)34(26)32-13-16-11-21(36-4)24(23(30)22(16)29)37-14-15-6-5-7-18(31)10-15/h5-13H,14H2,1-4H3. The summed E-state index contributed by atoms with van der Waals surface area (Å²) in [5, 5.41) is 5.20. The van der Waals surface area contributed by atoms with Gasteiger partial charge in [-0.1, -0.05) is 60.4 Å². The molecular formula is C27H23Br2ClFN3O3. The highest BCUT2D eigenvalue weighted by Gasteiger charge is 2.23. The normalized spacial score (nSPS) is 11.9.